The molecule has 0 amide bonds. The Balaban J connectivity index is 2.69. The minimum atomic E-state index is -0.174. The number of aliphatic hydroxyl groups excluding tert-OH is 2. The highest BCUT2D eigenvalue weighted by Crippen LogP contribution is 2.12. The van der Waals surface area contributed by atoms with Crippen molar-refractivity contribution in [2.75, 3.05) is 6.61 Å². The quantitative estimate of drug-likeness (QED) is 0.591. The largest absolute Gasteiger partial charge is 0.507 e. The summed E-state index contributed by atoms with van der Waals surface area (Å²) in [4.78, 5) is 11.3. The molecule has 1 aromatic rings. The summed E-state index contributed by atoms with van der Waals surface area (Å²) in [6.45, 7) is 1.95. The van der Waals surface area contributed by atoms with E-state index in [0.29, 0.717) is 12.0 Å². The van der Waals surface area contributed by atoms with Gasteiger partial charge in [-0.15, -0.1) is 0 Å². The van der Waals surface area contributed by atoms with Gasteiger partial charge < -0.3 is 10.2 Å². The van der Waals surface area contributed by atoms with Gasteiger partial charge in [0.1, 0.15) is 5.76 Å². The van der Waals surface area contributed by atoms with Crippen LogP contribution in [0.1, 0.15) is 24.0 Å². The number of rotatable bonds is 5. The molecule has 0 bridgehead atoms. The summed E-state index contributed by atoms with van der Waals surface area (Å²) in [7, 11) is 0. The minimum Gasteiger partial charge on any atom is -0.507 e. The summed E-state index contributed by atoms with van der Waals surface area (Å²) >= 11 is 0. The van der Waals surface area contributed by atoms with E-state index in [4.69, 9.17) is 5.11 Å². The van der Waals surface area contributed by atoms with Gasteiger partial charge in [-0.1, -0.05) is 29.8 Å². The van der Waals surface area contributed by atoms with E-state index in [1.54, 1.807) is 12.1 Å². The normalized spacial score (nSPS) is 11.5. The van der Waals surface area contributed by atoms with Crippen molar-refractivity contribution in [1.29, 1.82) is 0 Å². The Kier molecular flexibility index (Phi) is 4.73. The first-order chi connectivity index (χ1) is 7.63. The molecular weight excluding hydrogens is 204 g/mol. The average Bonchev–Trinajstić information content (AvgIpc) is 2.27. The van der Waals surface area contributed by atoms with Crippen LogP contribution in [0.25, 0.3) is 5.76 Å². The van der Waals surface area contributed by atoms with E-state index in [1.165, 1.54) is 6.08 Å². The molecule has 1 aromatic carbocycles. The summed E-state index contributed by atoms with van der Waals surface area (Å²) in [5, 5.41) is 18.2. The minimum absolute atomic E-state index is 0.00905. The second kappa shape index (κ2) is 6.08. The maximum absolute atomic E-state index is 11.3. The van der Waals surface area contributed by atoms with Crippen molar-refractivity contribution in [1.82, 2.24) is 0 Å². The zero-order valence-corrected chi connectivity index (χ0v) is 9.31. The first kappa shape index (κ1) is 12.5. The third-order valence-corrected chi connectivity index (χ3v) is 2.23. The maximum Gasteiger partial charge on any atom is 0.159 e. The fraction of sp³-hybridized carbons (Fsp3) is 0.308. The topological polar surface area (TPSA) is 57.5 Å². The second-order valence-corrected chi connectivity index (χ2v) is 3.69. The highest BCUT2D eigenvalue weighted by Gasteiger charge is 2.02. The molecule has 0 fully saturated rings. The van der Waals surface area contributed by atoms with Gasteiger partial charge in [0, 0.05) is 24.7 Å². The van der Waals surface area contributed by atoms with Gasteiger partial charge in [0.15, 0.2) is 5.78 Å². The van der Waals surface area contributed by atoms with E-state index in [0.717, 1.165) is 5.56 Å². The molecular formula is C13H16O3. The van der Waals surface area contributed by atoms with Crippen molar-refractivity contribution in [3.05, 3.63) is 41.5 Å². The van der Waals surface area contributed by atoms with Crippen molar-refractivity contribution in [2.45, 2.75) is 19.8 Å². The highest BCUT2D eigenvalue weighted by atomic mass is 16.3. The Morgan fingerprint density at radius 3 is 2.50 bits per heavy atom. The number of carbonyl (C=O) groups excluding carboxylic acids is 1. The van der Waals surface area contributed by atoms with E-state index in [9.17, 15) is 9.90 Å². The van der Waals surface area contributed by atoms with Gasteiger partial charge in [0.2, 0.25) is 0 Å². The van der Waals surface area contributed by atoms with Gasteiger partial charge in [0.05, 0.1) is 0 Å². The highest BCUT2D eigenvalue weighted by molar-refractivity contribution is 5.95. The lowest BCUT2D eigenvalue weighted by Crippen LogP contribution is -1.97. The third kappa shape index (κ3) is 3.87. The summed E-state index contributed by atoms with van der Waals surface area (Å²) in [6.07, 6.45) is 1.89. The molecule has 3 heteroatoms. The number of ketones is 1. The number of hydrogen-bond donors (Lipinski definition) is 2. The molecule has 0 aromatic heterocycles. The van der Waals surface area contributed by atoms with Crippen molar-refractivity contribution in [3.8, 4) is 0 Å². The predicted octanol–water partition coefficient (Wildman–Crippen LogP) is 2.24. The molecule has 0 heterocycles. The zero-order chi connectivity index (χ0) is 12.0. The van der Waals surface area contributed by atoms with Gasteiger partial charge in [-0.25, -0.2) is 0 Å². The van der Waals surface area contributed by atoms with Crippen LogP contribution < -0.4 is 0 Å². The SMILES string of the molecule is Cc1ccc(/C(O)=C\C(=O)CCCO)cc1. The Hall–Kier alpha value is -1.61. The Labute approximate surface area is 95.0 Å². The molecule has 0 aliphatic rings. The van der Waals surface area contributed by atoms with Gasteiger partial charge in [-0.3, -0.25) is 4.79 Å². The lowest BCUT2D eigenvalue weighted by molar-refractivity contribution is -0.114. The van der Waals surface area contributed by atoms with Crippen LogP contribution >= 0.6 is 0 Å². The fourth-order valence-corrected chi connectivity index (χ4v) is 1.29. The molecule has 0 aliphatic heterocycles. The monoisotopic (exact) mass is 220 g/mol. The molecule has 0 radical (unpaired) electrons. The molecule has 2 N–H and O–H groups in total. The van der Waals surface area contributed by atoms with Crippen LogP contribution in [0.2, 0.25) is 0 Å². The van der Waals surface area contributed by atoms with Crippen LogP contribution in [0, 0.1) is 6.92 Å². The summed E-state index contributed by atoms with van der Waals surface area (Å²) < 4.78 is 0. The number of carbonyl (C=O) groups is 1. The van der Waals surface area contributed by atoms with Crippen LogP contribution in [0.3, 0.4) is 0 Å². The van der Waals surface area contributed by atoms with Gasteiger partial charge in [-0.05, 0) is 13.3 Å². The van der Waals surface area contributed by atoms with E-state index < -0.39 is 0 Å². The number of aryl methyl sites for hydroxylation is 1. The first-order valence-electron chi connectivity index (χ1n) is 5.25. The van der Waals surface area contributed by atoms with E-state index in [1.807, 2.05) is 19.1 Å². The summed E-state index contributed by atoms with van der Waals surface area (Å²) in [5.74, 6) is -0.199. The molecule has 0 unspecified atom stereocenters. The molecule has 1 rings (SSSR count). The third-order valence-electron chi connectivity index (χ3n) is 2.23. The first-order valence-corrected chi connectivity index (χ1v) is 5.25. The van der Waals surface area contributed by atoms with Crippen LogP contribution in [0.15, 0.2) is 30.3 Å². The van der Waals surface area contributed by atoms with Gasteiger partial charge in [0.25, 0.3) is 0 Å². The molecule has 3 nitrogen and oxygen atoms in total. The Bertz CT molecular complexity index is 377. The standard InChI is InChI=1S/C13H16O3/c1-10-4-6-11(7-5-10)13(16)9-12(15)3-2-8-14/h4-7,9,14,16H,2-3,8H2,1H3/b13-9+. The second-order valence-electron chi connectivity index (χ2n) is 3.69. The van der Waals surface area contributed by atoms with Gasteiger partial charge >= 0.3 is 0 Å². The molecule has 0 atom stereocenters. The molecule has 16 heavy (non-hydrogen) atoms. The summed E-state index contributed by atoms with van der Waals surface area (Å²) in [5.41, 5.74) is 1.73. The smallest absolute Gasteiger partial charge is 0.159 e. The number of hydrogen-bond acceptors (Lipinski definition) is 3. The fourth-order valence-electron chi connectivity index (χ4n) is 1.29. The van der Waals surface area contributed by atoms with Crippen molar-refractivity contribution in [3.63, 3.8) is 0 Å². The molecule has 0 saturated carbocycles. The van der Waals surface area contributed by atoms with Crippen molar-refractivity contribution >= 4 is 11.5 Å². The van der Waals surface area contributed by atoms with E-state index >= 15 is 0 Å². The average molecular weight is 220 g/mol. The summed E-state index contributed by atoms with van der Waals surface area (Å²) in [6, 6.07) is 7.27. The van der Waals surface area contributed by atoms with Crippen molar-refractivity contribution in [2.24, 2.45) is 0 Å². The molecule has 0 saturated heterocycles. The number of allylic oxidation sites excluding steroid dienone is 1. The van der Waals surface area contributed by atoms with Crippen LogP contribution in [0.4, 0.5) is 0 Å². The van der Waals surface area contributed by atoms with Crippen LogP contribution in [-0.2, 0) is 4.79 Å². The number of benzene rings is 1. The van der Waals surface area contributed by atoms with Crippen LogP contribution in [0.5, 0.6) is 0 Å². The lowest BCUT2D eigenvalue weighted by Gasteiger charge is -2.00. The zero-order valence-electron chi connectivity index (χ0n) is 9.31. The van der Waals surface area contributed by atoms with Crippen molar-refractivity contribution < 1.29 is 15.0 Å². The Morgan fingerprint density at radius 2 is 1.94 bits per heavy atom. The van der Waals surface area contributed by atoms with Crippen LogP contribution in [-0.4, -0.2) is 22.6 Å². The molecule has 0 spiro atoms. The maximum atomic E-state index is 11.3. The number of aliphatic hydroxyl groups is 2. The predicted molar refractivity (Wildman–Crippen MR) is 63.1 cm³/mol. The molecule has 0 aliphatic carbocycles. The van der Waals surface area contributed by atoms with E-state index in [2.05, 4.69) is 0 Å². The Morgan fingerprint density at radius 1 is 1.31 bits per heavy atom. The van der Waals surface area contributed by atoms with E-state index in [-0.39, 0.29) is 24.6 Å². The lowest BCUT2D eigenvalue weighted by atomic mass is 10.1. The molecule has 86 valence electrons. The van der Waals surface area contributed by atoms with Gasteiger partial charge in [-0.2, -0.15) is 0 Å².